The van der Waals surface area contributed by atoms with Crippen molar-refractivity contribution in [2.24, 2.45) is 0 Å². The van der Waals surface area contributed by atoms with Gasteiger partial charge in [-0.15, -0.1) is 0 Å². The fourth-order valence-corrected chi connectivity index (χ4v) is 5.39. The normalized spacial score (nSPS) is 11.3. The second kappa shape index (κ2) is 17.0. The highest BCUT2D eigenvalue weighted by Gasteiger charge is 2.38. The number of hydrogen-bond donors (Lipinski definition) is 1. The average Bonchev–Trinajstić information content (AvgIpc) is 3.10. The molecule has 0 bridgehead atoms. The number of ether oxygens (including phenoxy) is 5. The van der Waals surface area contributed by atoms with Crippen LogP contribution < -0.4 is 9.47 Å². The fourth-order valence-electron chi connectivity index (χ4n) is 5.39. The maximum Gasteiger partial charge on any atom is 0.119 e. The Morgan fingerprint density at radius 1 is 0.356 bits per heavy atom. The second-order valence-electron chi connectivity index (χ2n) is 10.4. The van der Waals surface area contributed by atoms with Gasteiger partial charge in [0.2, 0.25) is 0 Å². The molecule has 0 unspecified atom stereocenters. The van der Waals surface area contributed by atoms with Crippen LogP contribution in [0.4, 0.5) is 0 Å². The summed E-state index contributed by atoms with van der Waals surface area (Å²) in [7, 11) is 0. The minimum Gasteiger partial charge on any atom is -0.508 e. The standard InChI is InChI=1S/C39H40O6/c40-36-18-22-38(23-19-36)45-31-29-43-27-25-41-24-26-42-28-30-44-37-20-16-35(17-21-37)39(32-10-4-1-5-11-32,33-12-6-2-7-13-33)34-14-8-3-9-15-34/h1-23,40H,24-31H2. The Morgan fingerprint density at radius 3 is 1.04 bits per heavy atom. The van der Waals surface area contributed by atoms with Crippen molar-refractivity contribution in [3.63, 3.8) is 0 Å². The lowest BCUT2D eigenvalue weighted by Gasteiger charge is -2.36. The summed E-state index contributed by atoms with van der Waals surface area (Å²) in [4.78, 5) is 0. The molecule has 0 atom stereocenters. The number of hydrogen-bond acceptors (Lipinski definition) is 6. The summed E-state index contributed by atoms with van der Waals surface area (Å²) in [6, 6.07) is 47.0. The van der Waals surface area contributed by atoms with Gasteiger partial charge in [-0.25, -0.2) is 0 Å². The minimum absolute atomic E-state index is 0.214. The molecule has 0 amide bonds. The summed E-state index contributed by atoms with van der Waals surface area (Å²) in [5, 5.41) is 9.29. The summed E-state index contributed by atoms with van der Waals surface area (Å²) >= 11 is 0. The van der Waals surface area contributed by atoms with Crippen molar-refractivity contribution in [1.29, 1.82) is 0 Å². The molecule has 0 aliphatic heterocycles. The maximum atomic E-state index is 9.29. The highest BCUT2D eigenvalue weighted by atomic mass is 16.6. The van der Waals surface area contributed by atoms with E-state index in [1.54, 1.807) is 24.3 Å². The molecule has 0 spiro atoms. The van der Waals surface area contributed by atoms with Gasteiger partial charge in [-0.05, 0) is 58.7 Å². The van der Waals surface area contributed by atoms with Gasteiger partial charge in [0.05, 0.1) is 45.1 Å². The molecule has 0 aliphatic rings. The van der Waals surface area contributed by atoms with Crippen LogP contribution in [0, 0.1) is 0 Å². The monoisotopic (exact) mass is 604 g/mol. The molecule has 0 saturated carbocycles. The van der Waals surface area contributed by atoms with Crippen molar-refractivity contribution in [1.82, 2.24) is 0 Å². The van der Waals surface area contributed by atoms with Gasteiger partial charge in [-0.3, -0.25) is 0 Å². The smallest absolute Gasteiger partial charge is 0.119 e. The molecule has 6 nitrogen and oxygen atoms in total. The Balaban J connectivity index is 1.06. The molecule has 5 aromatic rings. The van der Waals surface area contributed by atoms with Gasteiger partial charge in [0, 0.05) is 0 Å². The molecule has 0 fully saturated rings. The van der Waals surface area contributed by atoms with Gasteiger partial charge < -0.3 is 28.8 Å². The van der Waals surface area contributed by atoms with Gasteiger partial charge in [0.1, 0.15) is 30.5 Å². The topological polar surface area (TPSA) is 66.4 Å². The predicted molar refractivity (Wildman–Crippen MR) is 176 cm³/mol. The Labute approximate surface area is 265 Å². The van der Waals surface area contributed by atoms with Crippen molar-refractivity contribution in [3.05, 3.63) is 162 Å². The van der Waals surface area contributed by atoms with Crippen molar-refractivity contribution in [2.75, 3.05) is 52.9 Å². The van der Waals surface area contributed by atoms with E-state index in [1.807, 2.05) is 12.1 Å². The lowest BCUT2D eigenvalue weighted by molar-refractivity contribution is 0.00499. The number of benzene rings is 5. The molecule has 0 radical (unpaired) electrons. The fraction of sp³-hybridized carbons (Fsp3) is 0.231. The van der Waals surface area contributed by atoms with Gasteiger partial charge in [0.25, 0.3) is 0 Å². The van der Waals surface area contributed by atoms with E-state index in [0.29, 0.717) is 58.6 Å². The van der Waals surface area contributed by atoms with E-state index in [2.05, 4.69) is 103 Å². The maximum absolute atomic E-state index is 9.29. The zero-order chi connectivity index (χ0) is 31.0. The third-order valence-corrected chi connectivity index (χ3v) is 7.48. The van der Waals surface area contributed by atoms with Crippen LogP contribution in [0.1, 0.15) is 22.3 Å². The molecule has 5 rings (SSSR count). The highest BCUT2D eigenvalue weighted by Crippen LogP contribution is 2.45. The molecule has 0 saturated heterocycles. The lowest BCUT2D eigenvalue weighted by atomic mass is 9.65. The quantitative estimate of drug-likeness (QED) is 0.0838. The first-order valence-corrected chi connectivity index (χ1v) is 15.3. The third-order valence-electron chi connectivity index (χ3n) is 7.48. The molecule has 6 heteroatoms. The van der Waals surface area contributed by atoms with E-state index in [0.717, 1.165) is 5.75 Å². The summed E-state index contributed by atoms with van der Waals surface area (Å²) in [5.41, 5.74) is 4.31. The van der Waals surface area contributed by atoms with Gasteiger partial charge in [-0.1, -0.05) is 103 Å². The molecule has 0 aliphatic carbocycles. The van der Waals surface area contributed by atoms with Crippen LogP contribution in [0.3, 0.4) is 0 Å². The summed E-state index contributed by atoms with van der Waals surface area (Å²) in [6.07, 6.45) is 0. The first kappa shape index (κ1) is 31.8. The van der Waals surface area contributed by atoms with Crippen LogP contribution in [0.2, 0.25) is 0 Å². The van der Waals surface area contributed by atoms with Crippen LogP contribution in [-0.4, -0.2) is 58.0 Å². The van der Waals surface area contributed by atoms with Crippen molar-refractivity contribution < 1.29 is 28.8 Å². The minimum atomic E-state index is -0.474. The number of rotatable bonds is 18. The van der Waals surface area contributed by atoms with Crippen LogP contribution in [0.25, 0.3) is 0 Å². The van der Waals surface area contributed by atoms with Crippen molar-refractivity contribution >= 4 is 0 Å². The molecule has 232 valence electrons. The summed E-state index contributed by atoms with van der Waals surface area (Å²) in [6.45, 7) is 3.76. The van der Waals surface area contributed by atoms with Crippen LogP contribution in [0.15, 0.2) is 140 Å². The first-order valence-electron chi connectivity index (χ1n) is 15.3. The zero-order valence-electron chi connectivity index (χ0n) is 25.4. The molecule has 0 heterocycles. The number of phenolic OH excluding ortho intramolecular Hbond substituents is 1. The lowest BCUT2D eigenvalue weighted by Crippen LogP contribution is -2.30. The van der Waals surface area contributed by atoms with Crippen LogP contribution in [-0.2, 0) is 19.6 Å². The van der Waals surface area contributed by atoms with E-state index in [9.17, 15) is 5.11 Å². The highest BCUT2D eigenvalue weighted by molar-refractivity contribution is 5.60. The van der Waals surface area contributed by atoms with E-state index >= 15 is 0 Å². The molecule has 0 aromatic heterocycles. The summed E-state index contributed by atoms with van der Waals surface area (Å²) < 4.78 is 28.3. The van der Waals surface area contributed by atoms with E-state index in [1.165, 1.54) is 22.3 Å². The Bertz CT molecular complexity index is 1410. The van der Waals surface area contributed by atoms with Gasteiger partial charge in [0.15, 0.2) is 0 Å². The van der Waals surface area contributed by atoms with Gasteiger partial charge in [-0.2, -0.15) is 0 Å². The van der Waals surface area contributed by atoms with Crippen LogP contribution in [0.5, 0.6) is 17.2 Å². The average molecular weight is 605 g/mol. The first-order chi connectivity index (χ1) is 22.3. The number of phenols is 1. The Hall–Kier alpha value is -4.62. The van der Waals surface area contributed by atoms with Gasteiger partial charge >= 0.3 is 0 Å². The van der Waals surface area contributed by atoms with E-state index in [4.69, 9.17) is 23.7 Å². The molecule has 5 aromatic carbocycles. The van der Waals surface area contributed by atoms with Crippen LogP contribution >= 0.6 is 0 Å². The largest absolute Gasteiger partial charge is 0.508 e. The molecular weight excluding hydrogens is 564 g/mol. The Kier molecular flexibility index (Phi) is 12.0. The Morgan fingerprint density at radius 2 is 0.667 bits per heavy atom. The predicted octanol–water partition coefficient (Wildman–Crippen LogP) is 7.28. The zero-order valence-corrected chi connectivity index (χ0v) is 25.4. The second-order valence-corrected chi connectivity index (χ2v) is 10.4. The molecule has 45 heavy (non-hydrogen) atoms. The van der Waals surface area contributed by atoms with Crippen molar-refractivity contribution in [3.8, 4) is 17.2 Å². The number of aromatic hydroxyl groups is 1. The third kappa shape index (κ3) is 8.73. The summed E-state index contributed by atoms with van der Waals surface area (Å²) in [5.74, 6) is 1.71. The van der Waals surface area contributed by atoms with E-state index < -0.39 is 5.41 Å². The van der Waals surface area contributed by atoms with Crippen molar-refractivity contribution in [2.45, 2.75) is 5.41 Å². The molecule has 1 N–H and O–H groups in total. The van der Waals surface area contributed by atoms with E-state index in [-0.39, 0.29) is 5.75 Å². The molecular formula is C39H40O6. The SMILES string of the molecule is Oc1ccc(OCCOCCOCCOCCOc2ccc(C(c3ccccc3)(c3ccccc3)c3ccccc3)cc2)cc1.